The second-order valence-corrected chi connectivity index (χ2v) is 3.88. The lowest BCUT2D eigenvalue weighted by Crippen LogP contribution is -2.06. The highest BCUT2D eigenvalue weighted by atomic mass is 15.0. The zero-order valence-corrected chi connectivity index (χ0v) is 9.94. The molecule has 0 aliphatic heterocycles. The molecule has 2 heterocycles. The zero-order chi connectivity index (χ0) is 12.3. The van der Waals surface area contributed by atoms with Crippen molar-refractivity contribution < 1.29 is 0 Å². The van der Waals surface area contributed by atoms with Gasteiger partial charge in [0, 0.05) is 25.0 Å². The molecular formula is C12H15N5. The Morgan fingerprint density at radius 1 is 1.29 bits per heavy atom. The van der Waals surface area contributed by atoms with Crippen molar-refractivity contribution in [2.45, 2.75) is 20.4 Å². The van der Waals surface area contributed by atoms with Crippen LogP contribution >= 0.6 is 0 Å². The van der Waals surface area contributed by atoms with E-state index in [-0.39, 0.29) is 0 Å². The molecule has 5 nitrogen and oxygen atoms in total. The van der Waals surface area contributed by atoms with Crippen molar-refractivity contribution in [2.75, 3.05) is 11.1 Å². The fourth-order valence-corrected chi connectivity index (χ4v) is 1.57. The molecule has 2 aromatic rings. The summed E-state index contributed by atoms with van der Waals surface area (Å²) in [5.41, 5.74) is 8.00. The maximum Gasteiger partial charge on any atom is 0.132 e. The Bertz CT molecular complexity index is 504. The molecule has 0 atom stereocenters. The van der Waals surface area contributed by atoms with Gasteiger partial charge in [-0.25, -0.2) is 9.97 Å². The number of rotatable bonds is 3. The number of pyridine rings is 1. The first kappa shape index (κ1) is 11.3. The number of nitrogen functional groups attached to an aromatic ring is 1. The van der Waals surface area contributed by atoms with Crippen molar-refractivity contribution in [2.24, 2.45) is 0 Å². The predicted octanol–water partition coefficient (Wildman–Crippen LogP) is 1.68. The Balaban J connectivity index is 2.10. The fourth-order valence-electron chi connectivity index (χ4n) is 1.57. The summed E-state index contributed by atoms with van der Waals surface area (Å²) in [6.45, 7) is 4.55. The van der Waals surface area contributed by atoms with Crippen molar-refractivity contribution in [3.8, 4) is 0 Å². The molecule has 0 aliphatic rings. The third-order valence-corrected chi connectivity index (χ3v) is 2.45. The minimum atomic E-state index is 0.478. The normalized spacial score (nSPS) is 10.2. The van der Waals surface area contributed by atoms with Gasteiger partial charge in [-0.1, -0.05) is 0 Å². The second kappa shape index (κ2) is 4.78. The lowest BCUT2D eigenvalue weighted by Gasteiger charge is -2.08. The minimum Gasteiger partial charge on any atom is -0.384 e. The third-order valence-electron chi connectivity index (χ3n) is 2.45. The Hall–Kier alpha value is -2.17. The Morgan fingerprint density at radius 2 is 2.12 bits per heavy atom. The summed E-state index contributed by atoms with van der Waals surface area (Å²) >= 11 is 0. The lowest BCUT2D eigenvalue weighted by molar-refractivity contribution is 1.02. The summed E-state index contributed by atoms with van der Waals surface area (Å²) in [4.78, 5) is 12.3. The molecule has 3 N–H and O–H groups in total. The highest BCUT2D eigenvalue weighted by Crippen LogP contribution is 2.11. The predicted molar refractivity (Wildman–Crippen MR) is 67.5 cm³/mol. The standard InChI is InChI=1S/C12H15N5/c1-8-6-14-4-3-10(8)7-15-12-5-11(13)16-9(2)17-12/h3-6H,7H2,1-2H3,(H3,13,15,16,17). The Kier molecular flexibility index (Phi) is 3.18. The topological polar surface area (TPSA) is 76.7 Å². The maximum absolute atomic E-state index is 5.66. The molecule has 0 spiro atoms. The van der Waals surface area contributed by atoms with E-state index in [1.165, 1.54) is 5.56 Å². The molecule has 2 aromatic heterocycles. The van der Waals surface area contributed by atoms with Gasteiger partial charge >= 0.3 is 0 Å². The Morgan fingerprint density at radius 3 is 2.82 bits per heavy atom. The van der Waals surface area contributed by atoms with Crippen molar-refractivity contribution in [3.63, 3.8) is 0 Å². The van der Waals surface area contributed by atoms with E-state index in [2.05, 4.69) is 20.3 Å². The zero-order valence-electron chi connectivity index (χ0n) is 9.94. The third kappa shape index (κ3) is 2.90. The van der Waals surface area contributed by atoms with Gasteiger partial charge in [-0.05, 0) is 31.0 Å². The van der Waals surface area contributed by atoms with Crippen molar-refractivity contribution in [1.29, 1.82) is 0 Å². The van der Waals surface area contributed by atoms with Crippen LogP contribution in [-0.4, -0.2) is 15.0 Å². The van der Waals surface area contributed by atoms with E-state index < -0.39 is 0 Å². The van der Waals surface area contributed by atoms with Crippen LogP contribution in [0.2, 0.25) is 0 Å². The molecule has 0 bridgehead atoms. The number of hydrogen-bond acceptors (Lipinski definition) is 5. The molecule has 5 heteroatoms. The van der Waals surface area contributed by atoms with E-state index in [0.29, 0.717) is 18.2 Å². The highest BCUT2D eigenvalue weighted by Gasteiger charge is 2.01. The monoisotopic (exact) mass is 229 g/mol. The first-order valence-electron chi connectivity index (χ1n) is 5.39. The summed E-state index contributed by atoms with van der Waals surface area (Å²) in [6.07, 6.45) is 3.63. The molecule has 17 heavy (non-hydrogen) atoms. The quantitative estimate of drug-likeness (QED) is 0.837. The average molecular weight is 229 g/mol. The van der Waals surface area contributed by atoms with Gasteiger partial charge in [-0.3, -0.25) is 4.98 Å². The van der Waals surface area contributed by atoms with E-state index in [1.54, 1.807) is 12.3 Å². The van der Waals surface area contributed by atoms with Crippen LogP contribution in [0.25, 0.3) is 0 Å². The second-order valence-electron chi connectivity index (χ2n) is 3.88. The van der Waals surface area contributed by atoms with E-state index in [4.69, 9.17) is 5.73 Å². The van der Waals surface area contributed by atoms with Crippen LogP contribution in [0.5, 0.6) is 0 Å². The van der Waals surface area contributed by atoms with Crippen LogP contribution in [0.15, 0.2) is 24.5 Å². The first-order valence-corrected chi connectivity index (χ1v) is 5.39. The number of nitrogens with zero attached hydrogens (tertiary/aromatic N) is 3. The van der Waals surface area contributed by atoms with Crippen LogP contribution in [0.4, 0.5) is 11.6 Å². The van der Waals surface area contributed by atoms with Gasteiger partial charge in [0.1, 0.15) is 17.5 Å². The van der Waals surface area contributed by atoms with Gasteiger partial charge in [0.15, 0.2) is 0 Å². The van der Waals surface area contributed by atoms with E-state index in [0.717, 1.165) is 11.4 Å². The average Bonchev–Trinajstić information content (AvgIpc) is 2.27. The number of aromatic nitrogens is 3. The maximum atomic E-state index is 5.66. The van der Waals surface area contributed by atoms with E-state index in [9.17, 15) is 0 Å². The summed E-state index contributed by atoms with van der Waals surface area (Å²) in [7, 11) is 0. The summed E-state index contributed by atoms with van der Waals surface area (Å²) < 4.78 is 0. The summed E-state index contributed by atoms with van der Waals surface area (Å²) in [5, 5.41) is 3.22. The van der Waals surface area contributed by atoms with Gasteiger partial charge in [-0.2, -0.15) is 0 Å². The van der Waals surface area contributed by atoms with E-state index in [1.807, 2.05) is 26.1 Å². The number of nitrogens with two attached hydrogens (primary N) is 1. The number of anilines is 2. The van der Waals surface area contributed by atoms with E-state index >= 15 is 0 Å². The minimum absolute atomic E-state index is 0.478. The lowest BCUT2D eigenvalue weighted by atomic mass is 10.1. The van der Waals surface area contributed by atoms with Crippen LogP contribution in [0, 0.1) is 13.8 Å². The van der Waals surface area contributed by atoms with Crippen molar-refractivity contribution in [1.82, 2.24) is 15.0 Å². The molecule has 0 aromatic carbocycles. The molecule has 0 amide bonds. The smallest absolute Gasteiger partial charge is 0.132 e. The van der Waals surface area contributed by atoms with Gasteiger partial charge in [0.2, 0.25) is 0 Å². The van der Waals surface area contributed by atoms with Crippen LogP contribution in [0.1, 0.15) is 17.0 Å². The van der Waals surface area contributed by atoms with Crippen molar-refractivity contribution in [3.05, 3.63) is 41.5 Å². The van der Waals surface area contributed by atoms with Gasteiger partial charge in [-0.15, -0.1) is 0 Å². The van der Waals surface area contributed by atoms with Gasteiger partial charge in [0.05, 0.1) is 0 Å². The molecule has 0 unspecified atom stereocenters. The van der Waals surface area contributed by atoms with Crippen molar-refractivity contribution >= 4 is 11.6 Å². The van der Waals surface area contributed by atoms with Crippen LogP contribution in [-0.2, 0) is 6.54 Å². The van der Waals surface area contributed by atoms with Gasteiger partial charge in [0.25, 0.3) is 0 Å². The molecule has 0 fully saturated rings. The molecule has 0 aliphatic carbocycles. The fraction of sp³-hybridized carbons (Fsp3) is 0.250. The Labute approximate surface area is 100 Å². The molecule has 88 valence electrons. The van der Waals surface area contributed by atoms with Crippen LogP contribution < -0.4 is 11.1 Å². The van der Waals surface area contributed by atoms with Gasteiger partial charge < -0.3 is 11.1 Å². The number of hydrogen-bond donors (Lipinski definition) is 2. The first-order chi connectivity index (χ1) is 8.15. The molecular weight excluding hydrogens is 214 g/mol. The molecule has 2 rings (SSSR count). The molecule has 0 saturated heterocycles. The van der Waals surface area contributed by atoms with Crippen LogP contribution in [0.3, 0.4) is 0 Å². The SMILES string of the molecule is Cc1nc(N)cc(NCc2ccncc2C)n1. The summed E-state index contributed by atoms with van der Waals surface area (Å²) in [6, 6.07) is 3.71. The number of nitrogens with one attached hydrogen (secondary N) is 1. The molecule has 0 saturated carbocycles. The largest absolute Gasteiger partial charge is 0.384 e. The molecule has 0 radical (unpaired) electrons. The number of aryl methyl sites for hydroxylation is 2. The summed E-state index contributed by atoms with van der Waals surface area (Å²) in [5.74, 6) is 1.89. The highest BCUT2D eigenvalue weighted by molar-refractivity contribution is 5.45.